The molecular weight excluding hydrogens is 368 g/mol. The fourth-order valence-corrected chi connectivity index (χ4v) is 4.56. The molecule has 3 rings (SSSR count). The van der Waals surface area contributed by atoms with Crippen LogP contribution in [0.2, 0.25) is 0 Å². The highest BCUT2D eigenvalue weighted by molar-refractivity contribution is 7.89. The van der Waals surface area contributed by atoms with Crippen molar-refractivity contribution in [2.75, 3.05) is 0 Å². The molecule has 0 heterocycles. The van der Waals surface area contributed by atoms with E-state index in [2.05, 4.69) is 4.72 Å². The van der Waals surface area contributed by atoms with Gasteiger partial charge in [-0.1, -0.05) is 31.0 Å². The molecule has 1 fully saturated rings. The Morgan fingerprint density at radius 1 is 0.963 bits per heavy atom. The van der Waals surface area contributed by atoms with Crippen molar-refractivity contribution >= 4 is 15.9 Å². The fraction of sp³-hybridized carbons (Fsp3) is 0.316. The first kappa shape index (κ1) is 19.3. The molecule has 1 aliphatic rings. The number of amides is 1. The molecule has 8 heteroatoms. The monoisotopic (exact) mass is 390 g/mol. The van der Waals surface area contributed by atoms with Gasteiger partial charge in [0, 0.05) is 6.04 Å². The Morgan fingerprint density at radius 2 is 1.59 bits per heavy atom. The van der Waals surface area contributed by atoms with Gasteiger partial charge in [-0.05, 0) is 49.2 Å². The lowest BCUT2D eigenvalue weighted by Crippen LogP contribution is -2.47. The van der Waals surface area contributed by atoms with Crippen LogP contribution in [0.3, 0.4) is 0 Å². The molecule has 2 aromatic rings. The van der Waals surface area contributed by atoms with Crippen LogP contribution in [0.1, 0.15) is 25.7 Å². The summed E-state index contributed by atoms with van der Waals surface area (Å²) in [5.74, 6) is 0.0369. The Morgan fingerprint density at radius 3 is 2.26 bits per heavy atom. The fourth-order valence-electron chi connectivity index (χ4n) is 3.25. The van der Waals surface area contributed by atoms with Gasteiger partial charge in [-0.3, -0.25) is 10.0 Å². The van der Waals surface area contributed by atoms with Crippen LogP contribution in [-0.4, -0.2) is 25.6 Å². The molecule has 0 bridgehead atoms. The molecule has 3 N–H and O–H groups in total. The van der Waals surface area contributed by atoms with Gasteiger partial charge in [0.1, 0.15) is 11.5 Å². The molecule has 7 nitrogen and oxygen atoms in total. The summed E-state index contributed by atoms with van der Waals surface area (Å²) in [5.41, 5.74) is 1.63. The summed E-state index contributed by atoms with van der Waals surface area (Å²) in [6, 6.07) is 14.7. The summed E-state index contributed by atoms with van der Waals surface area (Å²) >= 11 is 0. The minimum atomic E-state index is -3.79. The maximum Gasteiger partial charge on any atom is 0.248 e. The SMILES string of the molecule is O=C(NO)[C@@H]1CCCC[C@H]1NS(=O)(=O)c1ccc(Oc2ccccc2)cc1. The predicted octanol–water partition coefficient (Wildman–Crippen LogP) is 2.82. The van der Waals surface area contributed by atoms with Crippen molar-refractivity contribution in [2.24, 2.45) is 5.92 Å². The van der Waals surface area contributed by atoms with Gasteiger partial charge in [0.2, 0.25) is 15.9 Å². The number of benzene rings is 2. The minimum absolute atomic E-state index is 0.0941. The number of carbonyl (C=O) groups excluding carboxylic acids is 1. The molecule has 0 spiro atoms. The highest BCUT2D eigenvalue weighted by atomic mass is 32.2. The predicted molar refractivity (Wildman–Crippen MR) is 99.0 cm³/mol. The third-order valence-electron chi connectivity index (χ3n) is 4.63. The van der Waals surface area contributed by atoms with Crippen LogP contribution in [-0.2, 0) is 14.8 Å². The summed E-state index contributed by atoms with van der Waals surface area (Å²) in [5, 5.41) is 8.88. The number of para-hydroxylation sites is 1. The summed E-state index contributed by atoms with van der Waals surface area (Å²) in [6.45, 7) is 0. The third kappa shape index (κ3) is 4.85. The van der Waals surface area contributed by atoms with E-state index in [-0.39, 0.29) is 4.90 Å². The van der Waals surface area contributed by atoms with Crippen LogP contribution in [0.4, 0.5) is 0 Å². The average Bonchev–Trinajstić information content (AvgIpc) is 2.69. The molecule has 0 aromatic heterocycles. The summed E-state index contributed by atoms with van der Waals surface area (Å²) in [7, 11) is -3.79. The molecule has 0 radical (unpaired) electrons. The zero-order valence-electron chi connectivity index (χ0n) is 14.7. The largest absolute Gasteiger partial charge is 0.457 e. The van der Waals surface area contributed by atoms with Gasteiger partial charge in [-0.2, -0.15) is 0 Å². The zero-order valence-corrected chi connectivity index (χ0v) is 15.5. The van der Waals surface area contributed by atoms with Crippen molar-refractivity contribution < 1.29 is 23.2 Å². The first-order valence-corrected chi connectivity index (χ1v) is 10.3. The number of sulfonamides is 1. The van der Waals surface area contributed by atoms with Crippen molar-refractivity contribution in [3.63, 3.8) is 0 Å². The van der Waals surface area contributed by atoms with Gasteiger partial charge in [0.15, 0.2) is 0 Å². The first-order chi connectivity index (χ1) is 13.0. The van der Waals surface area contributed by atoms with E-state index in [1.165, 1.54) is 12.1 Å². The highest BCUT2D eigenvalue weighted by Gasteiger charge is 2.34. The molecule has 2 atom stereocenters. The van der Waals surface area contributed by atoms with Crippen molar-refractivity contribution in [1.29, 1.82) is 0 Å². The van der Waals surface area contributed by atoms with Crippen molar-refractivity contribution in [3.05, 3.63) is 54.6 Å². The number of ether oxygens (including phenoxy) is 1. The van der Waals surface area contributed by atoms with E-state index in [0.717, 1.165) is 12.8 Å². The van der Waals surface area contributed by atoms with E-state index in [1.807, 2.05) is 30.3 Å². The smallest absolute Gasteiger partial charge is 0.248 e. The zero-order chi connectivity index (χ0) is 19.3. The Balaban J connectivity index is 1.71. The maximum atomic E-state index is 12.7. The Bertz CT molecular complexity index is 869. The Kier molecular flexibility index (Phi) is 6.10. The number of rotatable bonds is 6. The molecule has 2 aromatic carbocycles. The summed E-state index contributed by atoms with van der Waals surface area (Å²) in [4.78, 5) is 11.9. The van der Waals surface area contributed by atoms with E-state index in [4.69, 9.17) is 9.94 Å². The van der Waals surface area contributed by atoms with E-state index < -0.39 is 27.9 Å². The molecule has 0 aliphatic heterocycles. The van der Waals surface area contributed by atoms with Crippen molar-refractivity contribution in [2.45, 2.75) is 36.6 Å². The maximum absolute atomic E-state index is 12.7. The van der Waals surface area contributed by atoms with Crippen LogP contribution < -0.4 is 14.9 Å². The van der Waals surface area contributed by atoms with Crippen LogP contribution in [0.25, 0.3) is 0 Å². The second-order valence-corrected chi connectivity index (χ2v) is 8.20. The van der Waals surface area contributed by atoms with Crippen LogP contribution in [0.15, 0.2) is 59.5 Å². The first-order valence-electron chi connectivity index (χ1n) is 8.79. The lowest BCUT2D eigenvalue weighted by Gasteiger charge is -2.30. The standard InChI is InChI=1S/C19H22N2O5S/c22-19(20-23)17-8-4-5-9-18(17)21-27(24,25)16-12-10-15(11-13-16)26-14-6-2-1-3-7-14/h1-3,6-7,10-13,17-18,21,23H,4-5,8-9H2,(H,20,22)/t17-,18-/m1/s1. The molecular formula is C19H22N2O5S. The van der Waals surface area contributed by atoms with Gasteiger partial charge in [0.05, 0.1) is 10.8 Å². The molecule has 1 amide bonds. The molecule has 1 saturated carbocycles. The van der Waals surface area contributed by atoms with Gasteiger partial charge in [-0.25, -0.2) is 18.6 Å². The van der Waals surface area contributed by atoms with Crippen LogP contribution in [0.5, 0.6) is 11.5 Å². The van der Waals surface area contributed by atoms with E-state index in [9.17, 15) is 13.2 Å². The number of nitrogens with one attached hydrogen (secondary N) is 2. The van der Waals surface area contributed by atoms with Gasteiger partial charge < -0.3 is 4.74 Å². The van der Waals surface area contributed by atoms with Gasteiger partial charge in [0.25, 0.3) is 0 Å². The van der Waals surface area contributed by atoms with Crippen LogP contribution >= 0.6 is 0 Å². The number of carbonyl (C=O) groups is 1. The lowest BCUT2D eigenvalue weighted by atomic mass is 9.85. The molecule has 1 aliphatic carbocycles. The number of hydroxylamine groups is 1. The second kappa shape index (κ2) is 8.51. The third-order valence-corrected chi connectivity index (χ3v) is 6.14. The molecule has 27 heavy (non-hydrogen) atoms. The van der Waals surface area contributed by atoms with Crippen LogP contribution in [0, 0.1) is 5.92 Å². The topological polar surface area (TPSA) is 105 Å². The second-order valence-electron chi connectivity index (χ2n) is 6.48. The van der Waals surface area contributed by atoms with E-state index in [1.54, 1.807) is 17.6 Å². The van der Waals surface area contributed by atoms with Gasteiger partial charge >= 0.3 is 0 Å². The number of hydrogen-bond acceptors (Lipinski definition) is 5. The highest BCUT2D eigenvalue weighted by Crippen LogP contribution is 2.27. The lowest BCUT2D eigenvalue weighted by molar-refractivity contribution is -0.135. The Hall–Kier alpha value is -2.42. The normalized spacial score (nSPS) is 20.0. The Labute approximate surface area is 158 Å². The van der Waals surface area contributed by atoms with Crippen molar-refractivity contribution in [1.82, 2.24) is 10.2 Å². The molecule has 144 valence electrons. The van der Waals surface area contributed by atoms with Gasteiger partial charge in [-0.15, -0.1) is 0 Å². The molecule has 0 unspecified atom stereocenters. The number of hydrogen-bond donors (Lipinski definition) is 3. The summed E-state index contributed by atoms with van der Waals surface area (Å²) in [6.07, 6.45) is 2.73. The molecule has 0 saturated heterocycles. The van der Waals surface area contributed by atoms with E-state index in [0.29, 0.717) is 24.3 Å². The quantitative estimate of drug-likeness (QED) is 0.520. The minimum Gasteiger partial charge on any atom is -0.457 e. The van der Waals surface area contributed by atoms with E-state index >= 15 is 0 Å². The summed E-state index contributed by atoms with van der Waals surface area (Å²) < 4.78 is 33.6. The van der Waals surface area contributed by atoms with Crippen molar-refractivity contribution in [3.8, 4) is 11.5 Å². The average molecular weight is 390 g/mol.